The van der Waals surface area contributed by atoms with E-state index in [1.807, 2.05) is 12.1 Å². The Morgan fingerprint density at radius 2 is 2.20 bits per heavy atom. The highest BCUT2D eigenvalue weighted by Gasteiger charge is 1.73. The van der Waals surface area contributed by atoms with E-state index < -0.39 is 0 Å². The molecule has 0 fully saturated rings. The van der Waals surface area contributed by atoms with Crippen LogP contribution in [-0.4, -0.2) is 10.9 Å². The van der Waals surface area contributed by atoms with Crippen molar-refractivity contribution in [2.45, 2.75) is 0 Å². The maximum Gasteiger partial charge on any atom is 0.123 e. The van der Waals surface area contributed by atoms with Crippen molar-refractivity contribution in [3.05, 3.63) is 31.0 Å². The Labute approximate surface area is 59.2 Å². The van der Waals surface area contributed by atoms with Gasteiger partial charge < -0.3 is 5.73 Å². The maximum atomic E-state index is 8.57. The summed E-state index contributed by atoms with van der Waals surface area (Å²) in [6.07, 6.45) is 1.66. The standard InChI is InChI=1S/C5H6N2.C2H2O/c6-5-3-1-2-4-7-5;1-2-3/h1-4H,(H2,6,7);1H2. The first kappa shape index (κ1) is 8.40. The Morgan fingerprint density at radius 3 is 2.40 bits per heavy atom. The molecular formula is C7H8N2O. The molecule has 0 aliphatic heterocycles. The fourth-order valence-corrected chi connectivity index (χ4v) is 0.376. The molecular weight excluding hydrogens is 128 g/mol. The topological polar surface area (TPSA) is 56.0 Å². The summed E-state index contributed by atoms with van der Waals surface area (Å²) in [5, 5.41) is 0. The Kier molecular flexibility index (Phi) is 4.65. The van der Waals surface area contributed by atoms with Gasteiger partial charge in [0.25, 0.3) is 0 Å². The van der Waals surface area contributed by atoms with Crippen molar-refractivity contribution >= 4 is 11.8 Å². The van der Waals surface area contributed by atoms with Crippen LogP contribution < -0.4 is 5.73 Å². The van der Waals surface area contributed by atoms with Crippen LogP contribution in [0.2, 0.25) is 0 Å². The maximum absolute atomic E-state index is 8.57. The zero-order chi connectivity index (χ0) is 7.82. The highest BCUT2D eigenvalue weighted by atomic mass is 16.1. The van der Waals surface area contributed by atoms with Crippen LogP contribution in [0, 0.1) is 0 Å². The third-order valence-corrected chi connectivity index (χ3v) is 0.688. The number of hydrogen-bond acceptors (Lipinski definition) is 3. The lowest BCUT2D eigenvalue weighted by Crippen LogP contribution is -1.85. The van der Waals surface area contributed by atoms with Gasteiger partial charge in [-0.15, -0.1) is 0 Å². The van der Waals surface area contributed by atoms with Crippen LogP contribution in [0.1, 0.15) is 0 Å². The number of carbonyl (C=O) groups excluding carboxylic acids is 1. The summed E-state index contributed by atoms with van der Waals surface area (Å²) >= 11 is 0. The van der Waals surface area contributed by atoms with Crippen molar-refractivity contribution in [1.82, 2.24) is 4.98 Å². The van der Waals surface area contributed by atoms with Gasteiger partial charge in [0.1, 0.15) is 11.8 Å². The molecule has 0 aliphatic carbocycles. The van der Waals surface area contributed by atoms with E-state index in [0.29, 0.717) is 5.82 Å². The van der Waals surface area contributed by atoms with E-state index >= 15 is 0 Å². The predicted molar refractivity (Wildman–Crippen MR) is 40.0 cm³/mol. The van der Waals surface area contributed by atoms with Gasteiger partial charge in [0.15, 0.2) is 0 Å². The molecule has 2 N–H and O–H groups in total. The fourth-order valence-electron chi connectivity index (χ4n) is 0.376. The second-order valence-electron chi connectivity index (χ2n) is 1.40. The Bertz CT molecular complexity index is 202. The highest BCUT2D eigenvalue weighted by molar-refractivity contribution is 5.38. The van der Waals surface area contributed by atoms with Crippen LogP contribution >= 0.6 is 0 Å². The first-order valence-corrected chi connectivity index (χ1v) is 2.62. The van der Waals surface area contributed by atoms with E-state index in [1.165, 1.54) is 5.94 Å². The molecule has 0 spiro atoms. The molecule has 3 nitrogen and oxygen atoms in total. The second kappa shape index (κ2) is 5.54. The number of nitrogens with two attached hydrogens (primary N) is 1. The highest BCUT2D eigenvalue weighted by Crippen LogP contribution is 1.89. The summed E-state index contributed by atoms with van der Waals surface area (Å²) in [5.41, 5.74) is 5.25. The summed E-state index contributed by atoms with van der Waals surface area (Å²) in [7, 11) is 0. The molecule has 3 heteroatoms. The first-order valence-electron chi connectivity index (χ1n) is 2.62. The van der Waals surface area contributed by atoms with Crippen LogP contribution in [0.5, 0.6) is 0 Å². The molecule has 0 aliphatic rings. The number of nitrogens with zero attached hydrogens (tertiary/aromatic N) is 1. The van der Waals surface area contributed by atoms with Crippen molar-refractivity contribution < 1.29 is 4.79 Å². The van der Waals surface area contributed by atoms with E-state index in [9.17, 15) is 0 Å². The van der Waals surface area contributed by atoms with E-state index in [0.717, 1.165) is 0 Å². The first-order chi connectivity index (χ1) is 4.81. The molecule has 52 valence electrons. The molecule has 1 aromatic heterocycles. The molecule has 0 radical (unpaired) electrons. The minimum Gasteiger partial charge on any atom is -0.384 e. The van der Waals surface area contributed by atoms with E-state index in [2.05, 4.69) is 11.6 Å². The van der Waals surface area contributed by atoms with E-state index in [1.54, 1.807) is 12.3 Å². The largest absolute Gasteiger partial charge is 0.384 e. The average molecular weight is 136 g/mol. The number of nitrogen functional groups attached to an aromatic ring is 1. The molecule has 0 atom stereocenters. The van der Waals surface area contributed by atoms with Crippen LogP contribution in [-0.2, 0) is 4.79 Å². The zero-order valence-electron chi connectivity index (χ0n) is 5.45. The van der Waals surface area contributed by atoms with Crippen molar-refractivity contribution in [1.29, 1.82) is 0 Å². The van der Waals surface area contributed by atoms with Gasteiger partial charge in [0, 0.05) is 6.20 Å². The monoisotopic (exact) mass is 136 g/mol. The molecule has 0 bridgehead atoms. The summed E-state index contributed by atoms with van der Waals surface area (Å²) in [6, 6.07) is 5.43. The van der Waals surface area contributed by atoms with Gasteiger partial charge in [0.05, 0.1) is 0 Å². The smallest absolute Gasteiger partial charge is 0.123 e. The predicted octanol–water partition coefficient (Wildman–Crippen LogP) is 0.668. The van der Waals surface area contributed by atoms with Gasteiger partial charge in [-0.1, -0.05) is 6.07 Å². The van der Waals surface area contributed by atoms with Crippen LogP contribution in [0.25, 0.3) is 0 Å². The van der Waals surface area contributed by atoms with Gasteiger partial charge in [-0.25, -0.2) is 9.78 Å². The number of aromatic nitrogens is 1. The van der Waals surface area contributed by atoms with Crippen molar-refractivity contribution in [2.75, 3.05) is 5.73 Å². The lowest BCUT2D eigenvalue weighted by atomic mass is 10.5. The molecule has 0 unspecified atom stereocenters. The number of hydrogen-bond donors (Lipinski definition) is 1. The van der Waals surface area contributed by atoms with Crippen molar-refractivity contribution in [3.63, 3.8) is 0 Å². The van der Waals surface area contributed by atoms with Crippen molar-refractivity contribution in [3.8, 4) is 0 Å². The second-order valence-corrected chi connectivity index (χ2v) is 1.40. The fraction of sp³-hybridized carbons (Fsp3) is 0. The van der Waals surface area contributed by atoms with Crippen molar-refractivity contribution in [2.24, 2.45) is 0 Å². The normalized spacial score (nSPS) is 6.80. The summed E-state index contributed by atoms with van der Waals surface area (Å²) < 4.78 is 0. The third kappa shape index (κ3) is 4.56. The van der Waals surface area contributed by atoms with Gasteiger partial charge in [-0.05, 0) is 18.7 Å². The van der Waals surface area contributed by atoms with E-state index in [4.69, 9.17) is 10.5 Å². The number of pyridine rings is 1. The molecule has 1 aromatic rings. The summed E-state index contributed by atoms with van der Waals surface area (Å²) in [6.45, 7) is 2.68. The Balaban J connectivity index is 0.000000236. The number of anilines is 1. The quantitative estimate of drug-likeness (QED) is 0.533. The minimum absolute atomic E-state index is 0.572. The molecule has 1 rings (SSSR count). The van der Waals surface area contributed by atoms with Crippen LogP contribution in [0.4, 0.5) is 5.82 Å². The minimum atomic E-state index is 0.572. The molecule has 0 saturated heterocycles. The van der Waals surface area contributed by atoms with Gasteiger partial charge in [0.2, 0.25) is 0 Å². The summed E-state index contributed by atoms with van der Waals surface area (Å²) in [4.78, 5) is 12.3. The lowest BCUT2D eigenvalue weighted by molar-refractivity contribution is 0.569. The molecule has 1 heterocycles. The summed E-state index contributed by atoms with van der Waals surface area (Å²) in [5.74, 6) is 1.82. The van der Waals surface area contributed by atoms with Gasteiger partial charge in [-0.2, -0.15) is 0 Å². The molecule has 0 aromatic carbocycles. The zero-order valence-corrected chi connectivity index (χ0v) is 5.45. The lowest BCUT2D eigenvalue weighted by Gasteiger charge is -1.82. The Morgan fingerprint density at radius 1 is 1.60 bits per heavy atom. The molecule has 0 saturated carbocycles. The van der Waals surface area contributed by atoms with Crippen LogP contribution in [0.15, 0.2) is 31.0 Å². The Hall–Kier alpha value is -1.60. The van der Waals surface area contributed by atoms with Gasteiger partial charge >= 0.3 is 0 Å². The average Bonchev–Trinajstić information content (AvgIpc) is 1.91. The molecule has 0 amide bonds. The van der Waals surface area contributed by atoms with E-state index in [-0.39, 0.29) is 0 Å². The molecule has 10 heavy (non-hydrogen) atoms. The van der Waals surface area contributed by atoms with Gasteiger partial charge in [-0.3, -0.25) is 0 Å². The van der Waals surface area contributed by atoms with Crippen LogP contribution in [0.3, 0.4) is 0 Å². The third-order valence-electron chi connectivity index (χ3n) is 0.688. The SMILES string of the molecule is C=C=O.Nc1ccccn1. The number of rotatable bonds is 0.